The highest BCUT2D eigenvalue weighted by atomic mass is 79.9. The minimum atomic E-state index is 0.522. The van der Waals surface area contributed by atoms with Crippen LogP contribution in [0.25, 0.3) is 0 Å². The van der Waals surface area contributed by atoms with Gasteiger partial charge in [-0.05, 0) is 37.3 Å². The fraction of sp³-hybridized carbons (Fsp3) is 0.667. The first-order valence-electron chi connectivity index (χ1n) is 5.58. The Kier molecular flexibility index (Phi) is 4.14. The van der Waals surface area contributed by atoms with Crippen LogP contribution in [-0.2, 0) is 0 Å². The molecule has 3 heteroatoms. The Bertz CT molecular complexity index is 309. The quantitative estimate of drug-likeness (QED) is 0.612. The summed E-state index contributed by atoms with van der Waals surface area (Å²) in [5, 5.41) is 0. The van der Waals surface area contributed by atoms with E-state index in [2.05, 4.69) is 28.9 Å². The van der Waals surface area contributed by atoms with E-state index in [4.69, 9.17) is 11.6 Å². The van der Waals surface area contributed by atoms with Crippen molar-refractivity contribution in [2.75, 3.05) is 0 Å². The van der Waals surface area contributed by atoms with Crippen molar-refractivity contribution >= 4 is 38.9 Å². The molecule has 1 aliphatic carbocycles. The SMILES string of the molecule is Cc1cc(C(Br)C2CCCCC2)sc1Cl. The second kappa shape index (κ2) is 5.20. The van der Waals surface area contributed by atoms with Gasteiger partial charge < -0.3 is 0 Å². The molecule has 1 unspecified atom stereocenters. The normalized spacial score (nSPS) is 20.5. The second-order valence-electron chi connectivity index (χ2n) is 4.41. The lowest BCUT2D eigenvalue weighted by Gasteiger charge is -2.25. The van der Waals surface area contributed by atoms with Crippen molar-refractivity contribution in [3.8, 4) is 0 Å². The maximum atomic E-state index is 6.11. The van der Waals surface area contributed by atoms with E-state index < -0.39 is 0 Å². The zero-order valence-electron chi connectivity index (χ0n) is 8.93. The third-order valence-electron chi connectivity index (χ3n) is 3.21. The van der Waals surface area contributed by atoms with Crippen LogP contribution < -0.4 is 0 Å². The monoisotopic (exact) mass is 306 g/mol. The Balaban J connectivity index is 2.08. The highest BCUT2D eigenvalue weighted by Gasteiger charge is 2.24. The predicted molar refractivity (Wildman–Crippen MR) is 72.3 cm³/mol. The van der Waals surface area contributed by atoms with Gasteiger partial charge in [0.25, 0.3) is 0 Å². The van der Waals surface area contributed by atoms with E-state index in [1.54, 1.807) is 11.3 Å². The zero-order valence-corrected chi connectivity index (χ0v) is 12.1. The molecule has 1 aliphatic rings. The first kappa shape index (κ1) is 11.9. The van der Waals surface area contributed by atoms with Gasteiger partial charge in [0.1, 0.15) is 0 Å². The fourth-order valence-corrected chi connectivity index (χ4v) is 4.51. The van der Waals surface area contributed by atoms with E-state index >= 15 is 0 Å². The summed E-state index contributed by atoms with van der Waals surface area (Å²) < 4.78 is 0.949. The Morgan fingerprint density at radius 3 is 2.60 bits per heavy atom. The largest absolute Gasteiger partial charge is 0.127 e. The maximum absolute atomic E-state index is 6.11. The number of alkyl halides is 1. The van der Waals surface area contributed by atoms with Gasteiger partial charge >= 0.3 is 0 Å². The summed E-state index contributed by atoms with van der Waals surface area (Å²) in [7, 11) is 0. The molecule has 1 aromatic heterocycles. The molecule has 0 aromatic carbocycles. The molecule has 0 nitrogen and oxygen atoms in total. The third kappa shape index (κ3) is 2.78. The molecule has 0 aliphatic heterocycles. The molecule has 0 saturated heterocycles. The van der Waals surface area contributed by atoms with Crippen LogP contribution in [0.3, 0.4) is 0 Å². The summed E-state index contributed by atoms with van der Waals surface area (Å²) in [6.07, 6.45) is 6.94. The Labute approximate surface area is 109 Å². The molecule has 1 atom stereocenters. The van der Waals surface area contributed by atoms with Crippen LogP contribution >= 0.6 is 38.9 Å². The number of aryl methyl sites for hydroxylation is 1. The second-order valence-corrected chi connectivity index (χ2v) is 7.08. The molecule has 1 heterocycles. The number of hydrogen-bond acceptors (Lipinski definition) is 1. The first-order chi connectivity index (χ1) is 7.18. The predicted octanol–water partition coefficient (Wildman–Crippen LogP) is 5.73. The molecule has 1 saturated carbocycles. The van der Waals surface area contributed by atoms with Gasteiger partial charge in [-0.3, -0.25) is 0 Å². The standard InChI is InChI=1S/C12H16BrClS/c1-8-7-10(15-12(8)14)11(13)9-5-3-2-4-6-9/h7,9,11H,2-6H2,1H3. The van der Waals surface area contributed by atoms with Crippen molar-refractivity contribution < 1.29 is 0 Å². The summed E-state index contributed by atoms with van der Waals surface area (Å²) in [6.45, 7) is 2.09. The first-order valence-corrected chi connectivity index (χ1v) is 7.69. The molecule has 15 heavy (non-hydrogen) atoms. The molecule has 0 spiro atoms. The smallest absolute Gasteiger partial charge is 0.0960 e. The van der Waals surface area contributed by atoms with Crippen LogP contribution in [0.1, 0.15) is 47.4 Å². The molecular weight excluding hydrogens is 292 g/mol. The number of thiophene rings is 1. The van der Waals surface area contributed by atoms with Crippen molar-refractivity contribution in [3.05, 3.63) is 20.8 Å². The molecule has 2 rings (SSSR count). The molecule has 0 bridgehead atoms. The van der Waals surface area contributed by atoms with Crippen molar-refractivity contribution in [1.29, 1.82) is 0 Å². The summed E-state index contributed by atoms with van der Waals surface area (Å²) in [5.74, 6) is 0.813. The van der Waals surface area contributed by atoms with E-state index in [9.17, 15) is 0 Å². The van der Waals surface area contributed by atoms with E-state index in [1.165, 1.54) is 42.5 Å². The van der Waals surface area contributed by atoms with Crippen molar-refractivity contribution in [3.63, 3.8) is 0 Å². The van der Waals surface area contributed by atoms with Gasteiger partial charge in [-0.25, -0.2) is 0 Å². The zero-order chi connectivity index (χ0) is 10.8. The van der Waals surface area contributed by atoms with Crippen LogP contribution in [-0.4, -0.2) is 0 Å². The van der Waals surface area contributed by atoms with E-state index in [0.717, 1.165) is 10.3 Å². The fourth-order valence-electron chi connectivity index (χ4n) is 2.28. The summed E-state index contributed by atoms with van der Waals surface area (Å²) in [4.78, 5) is 1.93. The van der Waals surface area contributed by atoms with Crippen LogP contribution in [0.5, 0.6) is 0 Å². The minimum Gasteiger partial charge on any atom is -0.127 e. The van der Waals surface area contributed by atoms with Gasteiger partial charge in [0, 0.05) is 4.88 Å². The van der Waals surface area contributed by atoms with Crippen molar-refractivity contribution in [1.82, 2.24) is 0 Å². The topological polar surface area (TPSA) is 0 Å². The number of rotatable bonds is 2. The van der Waals surface area contributed by atoms with Gasteiger partial charge in [0.05, 0.1) is 9.16 Å². The van der Waals surface area contributed by atoms with Crippen LogP contribution in [0, 0.1) is 12.8 Å². The molecule has 1 fully saturated rings. The Morgan fingerprint density at radius 2 is 2.07 bits per heavy atom. The molecule has 0 radical (unpaired) electrons. The van der Waals surface area contributed by atoms with Crippen LogP contribution in [0.2, 0.25) is 4.34 Å². The van der Waals surface area contributed by atoms with Crippen molar-refractivity contribution in [2.45, 2.75) is 43.9 Å². The van der Waals surface area contributed by atoms with Gasteiger partial charge in [-0.15, -0.1) is 11.3 Å². The average Bonchev–Trinajstić information content (AvgIpc) is 2.59. The van der Waals surface area contributed by atoms with Gasteiger partial charge in [0.15, 0.2) is 0 Å². The third-order valence-corrected chi connectivity index (χ3v) is 6.39. The van der Waals surface area contributed by atoms with E-state index in [-0.39, 0.29) is 0 Å². The van der Waals surface area contributed by atoms with Crippen LogP contribution in [0.4, 0.5) is 0 Å². The highest BCUT2D eigenvalue weighted by Crippen LogP contribution is 2.44. The van der Waals surface area contributed by atoms with Crippen molar-refractivity contribution in [2.24, 2.45) is 5.92 Å². The van der Waals surface area contributed by atoms with Crippen LogP contribution in [0.15, 0.2) is 6.07 Å². The van der Waals surface area contributed by atoms with Gasteiger partial charge in [0.2, 0.25) is 0 Å². The molecule has 0 amide bonds. The van der Waals surface area contributed by atoms with Gasteiger partial charge in [-0.2, -0.15) is 0 Å². The lowest BCUT2D eigenvalue weighted by Crippen LogP contribution is -2.10. The molecule has 1 aromatic rings. The maximum Gasteiger partial charge on any atom is 0.0960 e. The summed E-state index contributed by atoms with van der Waals surface area (Å²) in [5.41, 5.74) is 1.22. The lowest BCUT2D eigenvalue weighted by molar-refractivity contribution is 0.356. The molecule has 84 valence electrons. The number of hydrogen-bond donors (Lipinski definition) is 0. The van der Waals surface area contributed by atoms with E-state index in [0.29, 0.717) is 4.83 Å². The Morgan fingerprint density at radius 1 is 1.40 bits per heavy atom. The molecule has 0 N–H and O–H groups in total. The number of halogens is 2. The molecular formula is C12H16BrClS. The summed E-state index contributed by atoms with van der Waals surface area (Å²) >= 11 is 11.7. The summed E-state index contributed by atoms with van der Waals surface area (Å²) in [6, 6.07) is 2.24. The highest BCUT2D eigenvalue weighted by molar-refractivity contribution is 9.09. The lowest BCUT2D eigenvalue weighted by atomic mass is 9.86. The average molecular weight is 308 g/mol. The van der Waals surface area contributed by atoms with Gasteiger partial charge in [-0.1, -0.05) is 46.8 Å². The van der Waals surface area contributed by atoms with E-state index in [1.807, 2.05) is 0 Å². The minimum absolute atomic E-state index is 0.522. The Hall–Kier alpha value is 0.470.